The summed E-state index contributed by atoms with van der Waals surface area (Å²) in [7, 11) is 1.78. The molecule has 4 nitrogen and oxygen atoms in total. The Labute approximate surface area is 121 Å². The van der Waals surface area contributed by atoms with Crippen LogP contribution >= 0.6 is 15.9 Å². The number of carbonyl (C=O) groups excluding carboxylic acids is 1. The quantitative estimate of drug-likeness (QED) is 0.871. The Morgan fingerprint density at radius 1 is 1.32 bits per heavy atom. The molecule has 0 fully saturated rings. The molecular weight excluding hydrogens is 306 g/mol. The first-order valence-electron chi connectivity index (χ1n) is 6.02. The standard InChI is InChI=1S/C14H16BrN3O/c1-10-14(15)11(2)18(16-10)9-13(19)17(3)12-7-5-4-6-8-12/h4-8H,9H2,1-3H3. The molecule has 100 valence electrons. The number of benzene rings is 1. The zero-order valence-corrected chi connectivity index (χ0v) is 12.8. The predicted octanol–water partition coefficient (Wildman–Crippen LogP) is 2.93. The first-order chi connectivity index (χ1) is 9.00. The number of hydrogen-bond acceptors (Lipinski definition) is 2. The summed E-state index contributed by atoms with van der Waals surface area (Å²) >= 11 is 3.46. The number of aromatic nitrogens is 2. The molecule has 1 amide bonds. The Kier molecular flexibility index (Phi) is 4.04. The van der Waals surface area contributed by atoms with Gasteiger partial charge in [-0.2, -0.15) is 5.10 Å². The summed E-state index contributed by atoms with van der Waals surface area (Å²) in [5.74, 6) is 0.00398. The van der Waals surface area contributed by atoms with E-state index in [1.165, 1.54) is 0 Å². The number of halogens is 1. The molecule has 5 heteroatoms. The molecular formula is C14H16BrN3O. The molecule has 0 saturated carbocycles. The predicted molar refractivity (Wildman–Crippen MR) is 79.3 cm³/mol. The van der Waals surface area contributed by atoms with E-state index < -0.39 is 0 Å². The number of amides is 1. The SMILES string of the molecule is Cc1nn(CC(=O)N(C)c2ccccc2)c(C)c1Br. The van der Waals surface area contributed by atoms with Crippen molar-refractivity contribution < 1.29 is 4.79 Å². The normalized spacial score (nSPS) is 10.5. The number of hydrogen-bond donors (Lipinski definition) is 0. The summed E-state index contributed by atoms with van der Waals surface area (Å²) in [6, 6.07) is 9.59. The zero-order chi connectivity index (χ0) is 14.0. The maximum Gasteiger partial charge on any atom is 0.248 e. The van der Waals surface area contributed by atoms with Crippen molar-refractivity contribution in [2.45, 2.75) is 20.4 Å². The monoisotopic (exact) mass is 321 g/mol. The third-order valence-corrected chi connectivity index (χ3v) is 4.24. The lowest BCUT2D eigenvalue weighted by Gasteiger charge is -2.17. The van der Waals surface area contributed by atoms with Gasteiger partial charge in [-0.05, 0) is 41.9 Å². The van der Waals surface area contributed by atoms with Gasteiger partial charge in [-0.25, -0.2) is 0 Å². The molecule has 0 radical (unpaired) electrons. The van der Waals surface area contributed by atoms with Crippen LogP contribution in [0.15, 0.2) is 34.8 Å². The molecule has 0 unspecified atom stereocenters. The van der Waals surface area contributed by atoms with Crippen LogP contribution < -0.4 is 4.90 Å². The Hall–Kier alpha value is -1.62. The van der Waals surface area contributed by atoms with Gasteiger partial charge >= 0.3 is 0 Å². The molecule has 1 heterocycles. The number of nitrogens with zero attached hydrogens (tertiary/aromatic N) is 3. The van der Waals surface area contributed by atoms with Gasteiger partial charge in [-0.15, -0.1) is 0 Å². The van der Waals surface area contributed by atoms with Gasteiger partial charge in [0.15, 0.2) is 0 Å². The Morgan fingerprint density at radius 3 is 2.47 bits per heavy atom. The largest absolute Gasteiger partial charge is 0.314 e. The van der Waals surface area contributed by atoms with Crippen molar-refractivity contribution in [3.8, 4) is 0 Å². The van der Waals surface area contributed by atoms with Gasteiger partial charge in [-0.1, -0.05) is 18.2 Å². The molecule has 0 atom stereocenters. The molecule has 0 aliphatic rings. The van der Waals surface area contributed by atoms with Gasteiger partial charge in [0.25, 0.3) is 0 Å². The average molecular weight is 322 g/mol. The molecule has 0 saturated heterocycles. The van der Waals surface area contributed by atoms with Crippen LogP contribution in [0.5, 0.6) is 0 Å². The summed E-state index contributed by atoms with van der Waals surface area (Å²) in [4.78, 5) is 13.9. The minimum atomic E-state index is 0.00398. The minimum Gasteiger partial charge on any atom is -0.314 e. The van der Waals surface area contributed by atoms with E-state index in [0.29, 0.717) is 0 Å². The van der Waals surface area contributed by atoms with Gasteiger partial charge in [-0.3, -0.25) is 9.48 Å². The van der Waals surface area contributed by atoms with Crippen LogP contribution in [-0.4, -0.2) is 22.7 Å². The molecule has 0 N–H and O–H groups in total. The lowest BCUT2D eigenvalue weighted by molar-refractivity contribution is -0.119. The summed E-state index contributed by atoms with van der Waals surface area (Å²) in [5, 5.41) is 4.35. The summed E-state index contributed by atoms with van der Waals surface area (Å²) in [6.45, 7) is 4.10. The number of aryl methyl sites for hydroxylation is 1. The highest BCUT2D eigenvalue weighted by Gasteiger charge is 2.15. The van der Waals surface area contributed by atoms with Gasteiger partial charge in [0.2, 0.25) is 5.91 Å². The third kappa shape index (κ3) is 2.87. The highest BCUT2D eigenvalue weighted by Crippen LogP contribution is 2.20. The summed E-state index contributed by atoms with van der Waals surface area (Å²) in [6.07, 6.45) is 0. The van der Waals surface area contributed by atoms with Gasteiger partial charge in [0, 0.05) is 12.7 Å². The minimum absolute atomic E-state index is 0.00398. The highest BCUT2D eigenvalue weighted by atomic mass is 79.9. The summed E-state index contributed by atoms with van der Waals surface area (Å²) in [5.41, 5.74) is 2.74. The van der Waals surface area contributed by atoms with Crippen molar-refractivity contribution in [3.63, 3.8) is 0 Å². The van der Waals surface area contributed by atoms with Crippen molar-refractivity contribution in [3.05, 3.63) is 46.2 Å². The molecule has 2 rings (SSSR count). The van der Waals surface area contributed by atoms with E-state index in [9.17, 15) is 4.79 Å². The highest BCUT2D eigenvalue weighted by molar-refractivity contribution is 9.10. The fourth-order valence-corrected chi connectivity index (χ4v) is 2.14. The van der Waals surface area contributed by atoms with Gasteiger partial charge in [0.05, 0.1) is 15.9 Å². The number of para-hydroxylation sites is 1. The lowest BCUT2D eigenvalue weighted by atomic mass is 10.3. The molecule has 1 aromatic carbocycles. The number of carbonyl (C=O) groups is 1. The van der Waals surface area contributed by atoms with Crippen LogP contribution in [0.4, 0.5) is 5.69 Å². The Balaban J connectivity index is 2.15. The van der Waals surface area contributed by atoms with Crippen LogP contribution in [0.2, 0.25) is 0 Å². The van der Waals surface area contributed by atoms with Crippen molar-refractivity contribution in [2.75, 3.05) is 11.9 Å². The Bertz CT molecular complexity index is 592. The Morgan fingerprint density at radius 2 is 1.95 bits per heavy atom. The first-order valence-corrected chi connectivity index (χ1v) is 6.81. The van der Waals surface area contributed by atoms with Crippen LogP contribution in [-0.2, 0) is 11.3 Å². The molecule has 19 heavy (non-hydrogen) atoms. The van der Waals surface area contributed by atoms with Crippen molar-refractivity contribution in [2.24, 2.45) is 0 Å². The van der Waals surface area contributed by atoms with Gasteiger partial charge < -0.3 is 4.90 Å². The first kappa shape index (κ1) is 13.8. The van der Waals surface area contributed by atoms with Crippen LogP contribution in [0.1, 0.15) is 11.4 Å². The van der Waals surface area contributed by atoms with E-state index in [1.807, 2.05) is 44.2 Å². The average Bonchev–Trinajstić information content (AvgIpc) is 2.66. The van der Waals surface area contributed by atoms with Crippen LogP contribution in [0, 0.1) is 13.8 Å². The molecule has 0 aliphatic heterocycles. The molecule has 0 spiro atoms. The maximum absolute atomic E-state index is 12.2. The number of likely N-dealkylation sites (N-methyl/N-ethyl adjacent to an activating group) is 1. The van der Waals surface area contributed by atoms with E-state index in [0.717, 1.165) is 21.5 Å². The van der Waals surface area contributed by atoms with E-state index in [4.69, 9.17) is 0 Å². The van der Waals surface area contributed by atoms with E-state index in [2.05, 4.69) is 21.0 Å². The molecule has 0 bridgehead atoms. The molecule has 2 aromatic rings. The third-order valence-electron chi connectivity index (χ3n) is 3.10. The van der Waals surface area contributed by atoms with Gasteiger partial charge in [0.1, 0.15) is 6.54 Å². The second-order valence-corrected chi connectivity index (χ2v) is 5.22. The molecule has 1 aromatic heterocycles. The number of anilines is 1. The fourth-order valence-electron chi connectivity index (χ4n) is 1.86. The lowest BCUT2D eigenvalue weighted by Crippen LogP contribution is -2.30. The van der Waals surface area contributed by atoms with E-state index in [1.54, 1.807) is 16.6 Å². The van der Waals surface area contributed by atoms with E-state index >= 15 is 0 Å². The van der Waals surface area contributed by atoms with Crippen molar-refractivity contribution in [1.29, 1.82) is 0 Å². The smallest absolute Gasteiger partial charge is 0.248 e. The van der Waals surface area contributed by atoms with E-state index in [-0.39, 0.29) is 12.5 Å². The fraction of sp³-hybridized carbons (Fsp3) is 0.286. The molecule has 0 aliphatic carbocycles. The number of rotatable bonds is 3. The summed E-state index contributed by atoms with van der Waals surface area (Å²) < 4.78 is 2.68. The topological polar surface area (TPSA) is 38.1 Å². The zero-order valence-electron chi connectivity index (χ0n) is 11.2. The maximum atomic E-state index is 12.2. The van der Waals surface area contributed by atoms with Crippen molar-refractivity contribution >= 4 is 27.5 Å². The van der Waals surface area contributed by atoms with Crippen LogP contribution in [0.25, 0.3) is 0 Å². The van der Waals surface area contributed by atoms with Crippen molar-refractivity contribution in [1.82, 2.24) is 9.78 Å². The second-order valence-electron chi connectivity index (χ2n) is 4.43. The second kappa shape index (κ2) is 5.57. The van der Waals surface area contributed by atoms with Crippen LogP contribution in [0.3, 0.4) is 0 Å².